The van der Waals surface area contributed by atoms with E-state index < -0.39 is 12.2 Å². The second kappa shape index (κ2) is 4.04. The van der Waals surface area contributed by atoms with Gasteiger partial charge in [0.05, 0.1) is 21.8 Å². The topological polar surface area (TPSA) is 97.2 Å². The van der Waals surface area contributed by atoms with Crippen LogP contribution in [0.5, 0.6) is 0 Å². The SMILES string of the molecule is Nc1ncc(Br)c2c1ncn2C1=CC[C@H](O)[C@@H]1O. The molecule has 0 amide bonds. The molecule has 0 saturated heterocycles. The van der Waals surface area contributed by atoms with Crippen LogP contribution in [0.25, 0.3) is 16.7 Å². The van der Waals surface area contributed by atoms with Gasteiger partial charge in [-0.15, -0.1) is 0 Å². The number of anilines is 1. The average molecular weight is 311 g/mol. The summed E-state index contributed by atoms with van der Waals surface area (Å²) in [6.45, 7) is 0. The molecule has 2 atom stereocenters. The number of hydrogen-bond donors (Lipinski definition) is 3. The zero-order chi connectivity index (χ0) is 12.9. The van der Waals surface area contributed by atoms with Crippen molar-refractivity contribution in [1.29, 1.82) is 0 Å². The molecule has 0 aromatic carbocycles. The van der Waals surface area contributed by atoms with Gasteiger partial charge in [0.15, 0.2) is 5.82 Å². The van der Waals surface area contributed by atoms with E-state index in [2.05, 4.69) is 25.9 Å². The summed E-state index contributed by atoms with van der Waals surface area (Å²) in [6, 6.07) is 0. The summed E-state index contributed by atoms with van der Waals surface area (Å²) < 4.78 is 2.46. The molecule has 0 aliphatic heterocycles. The van der Waals surface area contributed by atoms with Crippen LogP contribution in [0.2, 0.25) is 0 Å². The first-order valence-corrected chi connectivity index (χ1v) is 6.22. The summed E-state index contributed by atoms with van der Waals surface area (Å²) in [5.74, 6) is 0.334. The normalized spacial score (nSPS) is 23.6. The van der Waals surface area contributed by atoms with Gasteiger partial charge >= 0.3 is 0 Å². The monoisotopic (exact) mass is 310 g/mol. The molecule has 2 heterocycles. The molecule has 0 fully saturated rings. The molecule has 18 heavy (non-hydrogen) atoms. The molecule has 3 rings (SSSR count). The summed E-state index contributed by atoms with van der Waals surface area (Å²) in [4.78, 5) is 8.20. The summed E-state index contributed by atoms with van der Waals surface area (Å²) in [6.07, 6.45) is 3.70. The Morgan fingerprint density at radius 3 is 2.83 bits per heavy atom. The summed E-state index contributed by atoms with van der Waals surface area (Å²) in [5.41, 5.74) is 7.67. The fourth-order valence-corrected chi connectivity index (χ4v) is 2.62. The maximum absolute atomic E-state index is 9.92. The number of nitrogens with two attached hydrogens (primary N) is 1. The van der Waals surface area contributed by atoms with E-state index in [0.29, 0.717) is 23.5 Å². The number of imidazole rings is 1. The van der Waals surface area contributed by atoms with Gasteiger partial charge in [-0.05, 0) is 22.4 Å². The van der Waals surface area contributed by atoms with Crippen molar-refractivity contribution >= 4 is 38.5 Å². The lowest BCUT2D eigenvalue weighted by Gasteiger charge is -2.14. The quantitative estimate of drug-likeness (QED) is 0.722. The van der Waals surface area contributed by atoms with E-state index in [-0.39, 0.29) is 0 Å². The second-order valence-corrected chi connectivity index (χ2v) is 5.03. The molecule has 0 unspecified atom stereocenters. The minimum atomic E-state index is -0.913. The van der Waals surface area contributed by atoms with Gasteiger partial charge in [-0.3, -0.25) is 4.57 Å². The zero-order valence-corrected chi connectivity index (χ0v) is 10.9. The molecule has 6 nitrogen and oxygen atoms in total. The van der Waals surface area contributed by atoms with Crippen LogP contribution in [-0.4, -0.2) is 37.0 Å². The number of halogens is 1. The Hall–Kier alpha value is -1.44. The van der Waals surface area contributed by atoms with E-state index in [1.54, 1.807) is 23.2 Å². The Morgan fingerprint density at radius 1 is 1.39 bits per heavy atom. The molecule has 94 valence electrons. The number of nitrogens with zero attached hydrogens (tertiary/aromatic N) is 3. The van der Waals surface area contributed by atoms with E-state index in [9.17, 15) is 10.2 Å². The molecule has 2 aromatic rings. The number of hydrogen-bond acceptors (Lipinski definition) is 5. The Morgan fingerprint density at radius 2 is 2.17 bits per heavy atom. The van der Waals surface area contributed by atoms with Crippen LogP contribution in [0.3, 0.4) is 0 Å². The number of pyridine rings is 1. The summed E-state index contributed by atoms with van der Waals surface area (Å²) in [5, 5.41) is 19.5. The third-order valence-electron chi connectivity index (χ3n) is 3.07. The molecule has 0 spiro atoms. The molecule has 0 radical (unpaired) electrons. The molecule has 0 bridgehead atoms. The maximum atomic E-state index is 9.92. The number of fused-ring (bicyclic) bond motifs is 1. The van der Waals surface area contributed by atoms with Gasteiger partial charge in [-0.2, -0.15) is 0 Å². The highest BCUT2D eigenvalue weighted by atomic mass is 79.9. The Kier molecular flexibility index (Phi) is 2.61. The van der Waals surface area contributed by atoms with Crippen LogP contribution in [0.15, 0.2) is 23.1 Å². The smallest absolute Gasteiger partial charge is 0.151 e. The van der Waals surface area contributed by atoms with Crippen LogP contribution in [0.1, 0.15) is 6.42 Å². The van der Waals surface area contributed by atoms with Gasteiger partial charge in [-0.25, -0.2) is 9.97 Å². The maximum Gasteiger partial charge on any atom is 0.151 e. The zero-order valence-electron chi connectivity index (χ0n) is 9.29. The first-order chi connectivity index (χ1) is 8.59. The predicted octanol–water partition coefficient (Wildman–Crippen LogP) is 0.742. The Balaban J connectivity index is 2.23. The van der Waals surface area contributed by atoms with Crippen molar-refractivity contribution in [3.63, 3.8) is 0 Å². The van der Waals surface area contributed by atoms with Gasteiger partial charge in [0, 0.05) is 6.20 Å². The number of nitrogen functional groups attached to an aromatic ring is 1. The third-order valence-corrected chi connectivity index (χ3v) is 3.65. The standard InChI is InChI=1S/C11H11BrN4O2/c12-5-3-14-11(13)8-9(5)16(4-15-8)6-1-2-7(17)10(6)18/h1,3-4,7,10,17-18H,2H2,(H2,13,14)/t7-,10+/m0/s1. The summed E-state index contributed by atoms with van der Waals surface area (Å²) in [7, 11) is 0. The van der Waals surface area contributed by atoms with Crippen molar-refractivity contribution < 1.29 is 10.2 Å². The number of aromatic nitrogens is 3. The van der Waals surface area contributed by atoms with Gasteiger partial charge in [0.25, 0.3) is 0 Å². The Labute approximate surface area is 111 Å². The molecular formula is C11H11BrN4O2. The van der Waals surface area contributed by atoms with E-state index in [4.69, 9.17) is 5.73 Å². The number of aliphatic hydroxyl groups excluding tert-OH is 2. The highest BCUT2D eigenvalue weighted by Crippen LogP contribution is 2.32. The highest BCUT2D eigenvalue weighted by Gasteiger charge is 2.28. The highest BCUT2D eigenvalue weighted by molar-refractivity contribution is 9.10. The lowest BCUT2D eigenvalue weighted by molar-refractivity contribution is 0.0636. The van der Waals surface area contributed by atoms with E-state index in [1.807, 2.05) is 0 Å². The molecule has 7 heteroatoms. The van der Waals surface area contributed by atoms with Crippen LogP contribution >= 0.6 is 15.9 Å². The first-order valence-electron chi connectivity index (χ1n) is 5.43. The van der Waals surface area contributed by atoms with Gasteiger partial charge in [0.1, 0.15) is 17.9 Å². The van der Waals surface area contributed by atoms with Crippen LogP contribution in [0.4, 0.5) is 5.82 Å². The predicted molar refractivity (Wildman–Crippen MR) is 70.5 cm³/mol. The van der Waals surface area contributed by atoms with E-state index in [0.717, 1.165) is 9.99 Å². The van der Waals surface area contributed by atoms with Crippen molar-refractivity contribution in [2.75, 3.05) is 5.73 Å². The van der Waals surface area contributed by atoms with Gasteiger partial charge in [-0.1, -0.05) is 6.08 Å². The third kappa shape index (κ3) is 1.55. The van der Waals surface area contributed by atoms with Crippen molar-refractivity contribution in [3.8, 4) is 0 Å². The fraction of sp³-hybridized carbons (Fsp3) is 0.273. The van der Waals surface area contributed by atoms with Crippen molar-refractivity contribution in [2.24, 2.45) is 0 Å². The number of rotatable bonds is 1. The molecular weight excluding hydrogens is 300 g/mol. The van der Waals surface area contributed by atoms with Gasteiger partial charge < -0.3 is 15.9 Å². The number of aliphatic hydroxyl groups is 2. The largest absolute Gasteiger partial charge is 0.390 e. The first kappa shape index (κ1) is 11.6. The minimum absolute atomic E-state index is 0.334. The molecule has 4 N–H and O–H groups in total. The van der Waals surface area contributed by atoms with Crippen molar-refractivity contribution in [1.82, 2.24) is 14.5 Å². The van der Waals surface area contributed by atoms with E-state index >= 15 is 0 Å². The van der Waals surface area contributed by atoms with Gasteiger partial charge in [0.2, 0.25) is 0 Å². The molecule has 1 aliphatic carbocycles. The van der Waals surface area contributed by atoms with Crippen LogP contribution in [0, 0.1) is 0 Å². The van der Waals surface area contributed by atoms with Crippen molar-refractivity contribution in [3.05, 3.63) is 23.1 Å². The Bertz CT molecular complexity index is 652. The molecule has 1 aliphatic rings. The lowest BCUT2D eigenvalue weighted by atomic mass is 10.2. The minimum Gasteiger partial charge on any atom is -0.390 e. The van der Waals surface area contributed by atoms with E-state index in [1.165, 1.54) is 0 Å². The van der Waals surface area contributed by atoms with Crippen molar-refractivity contribution in [2.45, 2.75) is 18.6 Å². The van der Waals surface area contributed by atoms with Crippen LogP contribution in [-0.2, 0) is 0 Å². The van der Waals surface area contributed by atoms with Crippen LogP contribution < -0.4 is 5.73 Å². The average Bonchev–Trinajstić information content (AvgIpc) is 2.91. The molecule has 2 aromatic heterocycles. The summed E-state index contributed by atoms with van der Waals surface area (Å²) >= 11 is 3.39. The molecule has 0 saturated carbocycles. The fourth-order valence-electron chi connectivity index (χ4n) is 2.14. The second-order valence-electron chi connectivity index (χ2n) is 4.18. The lowest BCUT2D eigenvalue weighted by Crippen LogP contribution is -2.23.